The van der Waals surface area contributed by atoms with Gasteiger partial charge in [0.15, 0.2) is 0 Å². The average molecular weight is 187 g/mol. The van der Waals surface area contributed by atoms with Crippen LogP contribution < -0.4 is 0 Å². The summed E-state index contributed by atoms with van der Waals surface area (Å²) in [6.45, 7) is 6.79. The summed E-state index contributed by atoms with van der Waals surface area (Å²) in [5.41, 5.74) is 0. The molecule has 0 saturated carbocycles. The van der Waals surface area contributed by atoms with Crippen LogP contribution in [0.15, 0.2) is 0 Å². The molecule has 0 aromatic carbocycles. The highest BCUT2D eigenvalue weighted by Gasteiger charge is 2.16. The molecule has 2 atom stereocenters. The fourth-order valence-corrected chi connectivity index (χ4v) is 1.13. The first kappa shape index (κ1) is 12.4. The van der Waals surface area contributed by atoms with Crippen LogP contribution in [0.2, 0.25) is 0 Å². The molecule has 0 aliphatic heterocycles. The minimum absolute atomic E-state index is 0.00912. The molecule has 0 rings (SSSR count). The number of esters is 1. The highest BCUT2D eigenvalue weighted by atomic mass is 16.5. The Balaban J connectivity index is 3.81. The smallest absolute Gasteiger partial charge is 0.305 e. The molecule has 0 bridgehead atoms. The molecule has 78 valence electrons. The fourth-order valence-electron chi connectivity index (χ4n) is 1.13. The van der Waals surface area contributed by atoms with Crippen molar-refractivity contribution in [3.63, 3.8) is 0 Å². The standard InChI is InChI=1S/C10H21NO2/c1-6-10(12)13-9(3)8(2)7-11(4)5/h8-9H,6-7H2,1-5H3. The minimum Gasteiger partial charge on any atom is -0.462 e. The van der Waals surface area contributed by atoms with Crippen LogP contribution in [0, 0.1) is 5.92 Å². The van der Waals surface area contributed by atoms with Gasteiger partial charge in [-0.3, -0.25) is 4.79 Å². The molecule has 0 saturated heterocycles. The third-order valence-electron chi connectivity index (χ3n) is 2.06. The molecule has 3 nitrogen and oxygen atoms in total. The lowest BCUT2D eigenvalue weighted by atomic mass is 10.1. The van der Waals surface area contributed by atoms with E-state index in [1.807, 2.05) is 27.9 Å². The molecule has 0 aromatic rings. The summed E-state index contributed by atoms with van der Waals surface area (Å²) in [6.07, 6.45) is 0.466. The first-order valence-corrected chi connectivity index (χ1v) is 4.81. The summed E-state index contributed by atoms with van der Waals surface area (Å²) in [5, 5.41) is 0. The van der Waals surface area contributed by atoms with Gasteiger partial charge in [-0.25, -0.2) is 0 Å². The molecular formula is C10H21NO2. The SMILES string of the molecule is CCC(=O)OC(C)C(C)CN(C)C. The van der Waals surface area contributed by atoms with Crippen molar-refractivity contribution < 1.29 is 9.53 Å². The van der Waals surface area contributed by atoms with Crippen molar-refractivity contribution in [3.05, 3.63) is 0 Å². The van der Waals surface area contributed by atoms with Crippen LogP contribution in [0.5, 0.6) is 0 Å². The van der Waals surface area contributed by atoms with Crippen molar-refractivity contribution in [2.75, 3.05) is 20.6 Å². The molecule has 3 heteroatoms. The van der Waals surface area contributed by atoms with E-state index in [4.69, 9.17) is 4.74 Å². The summed E-state index contributed by atoms with van der Waals surface area (Å²) in [4.78, 5) is 13.1. The second-order valence-corrected chi connectivity index (χ2v) is 3.79. The zero-order chi connectivity index (χ0) is 10.4. The van der Waals surface area contributed by atoms with Crippen LogP contribution >= 0.6 is 0 Å². The summed E-state index contributed by atoms with van der Waals surface area (Å²) < 4.78 is 5.20. The van der Waals surface area contributed by atoms with Crippen molar-refractivity contribution in [2.45, 2.75) is 33.3 Å². The molecule has 0 heterocycles. The van der Waals surface area contributed by atoms with E-state index in [-0.39, 0.29) is 12.1 Å². The van der Waals surface area contributed by atoms with Gasteiger partial charge in [0, 0.05) is 18.9 Å². The van der Waals surface area contributed by atoms with Crippen molar-refractivity contribution >= 4 is 5.97 Å². The Hall–Kier alpha value is -0.570. The Labute approximate surface area is 81.1 Å². The largest absolute Gasteiger partial charge is 0.462 e. The van der Waals surface area contributed by atoms with Crippen LogP contribution in [-0.4, -0.2) is 37.6 Å². The van der Waals surface area contributed by atoms with Crippen LogP contribution in [0.4, 0.5) is 0 Å². The van der Waals surface area contributed by atoms with Gasteiger partial charge in [0.2, 0.25) is 0 Å². The summed E-state index contributed by atoms with van der Waals surface area (Å²) in [7, 11) is 4.04. The van der Waals surface area contributed by atoms with Gasteiger partial charge in [0.1, 0.15) is 6.10 Å². The molecule has 0 fully saturated rings. The predicted molar refractivity (Wildman–Crippen MR) is 53.6 cm³/mol. The monoisotopic (exact) mass is 187 g/mol. The second kappa shape index (κ2) is 5.97. The van der Waals surface area contributed by atoms with Gasteiger partial charge in [-0.05, 0) is 21.0 Å². The Kier molecular flexibility index (Phi) is 5.71. The third-order valence-corrected chi connectivity index (χ3v) is 2.06. The van der Waals surface area contributed by atoms with Gasteiger partial charge in [-0.2, -0.15) is 0 Å². The van der Waals surface area contributed by atoms with Gasteiger partial charge in [0.25, 0.3) is 0 Å². The van der Waals surface area contributed by atoms with Gasteiger partial charge in [-0.1, -0.05) is 13.8 Å². The minimum atomic E-state index is -0.113. The van der Waals surface area contributed by atoms with Gasteiger partial charge < -0.3 is 9.64 Å². The molecule has 0 spiro atoms. The number of nitrogens with zero attached hydrogens (tertiary/aromatic N) is 1. The Morgan fingerprint density at radius 1 is 1.38 bits per heavy atom. The zero-order valence-electron chi connectivity index (χ0n) is 9.33. The highest BCUT2D eigenvalue weighted by Crippen LogP contribution is 2.08. The lowest BCUT2D eigenvalue weighted by Gasteiger charge is -2.23. The number of ether oxygens (including phenoxy) is 1. The zero-order valence-corrected chi connectivity index (χ0v) is 9.33. The van der Waals surface area contributed by atoms with E-state index >= 15 is 0 Å². The number of rotatable bonds is 5. The highest BCUT2D eigenvalue weighted by molar-refractivity contribution is 5.69. The Bertz CT molecular complexity index is 157. The lowest BCUT2D eigenvalue weighted by Crippen LogP contribution is -2.30. The number of hydrogen-bond donors (Lipinski definition) is 0. The molecule has 2 unspecified atom stereocenters. The average Bonchev–Trinajstić information content (AvgIpc) is 2.02. The van der Waals surface area contributed by atoms with E-state index in [2.05, 4.69) is 11.8 Å². The maximum atomic E-state index is 11.0. The molecular weight excluding hydrogens is 166 g/mol. The van der Waals surface area contributed by atoms with E-state index in [0.29, 0.717) is 12.3 Å². The normalized spacial score (nSPS) is 15.5. The van der Waals surface area contributed by atoms with Crippen molar-refractivity contribution in [3.8, 4) is 0 Å². The maximum absolute atomic E-state index is 11.0. The number of carbonyl (C=O) groups excluding carboxylic acids is 1. The molecule has 0 aliphatic rings. The molecule has 0 aliphatic carbocycles. The van der Waals surface area contributed by atoms with Gasteiger partial charge in [-0.15, -0.1) is 0 Å². The molecule has 0 aromatic heterocycles. The number of hydrogen-bond acceptors (Lipinski definition) is 3. The third kappa shape index (κ3) is 5.64. The Morgan fingerprint density at radius 3 is 2.31 bits per heavy atom. The molecule has 0 N–H and O–H groups in total. The van der Waals surface area contributed by atoms with E-state index in [9.17, 15) is 4.79 Å². The maximum Gasteiger partial charge on any atom is 0.305 e. The van der Waals surface area contributed by atoms with Crippen LogP contribution in [0.1, 0.15) is 27.2 Å². The summed E-state index contributed by atoms with van der Waals surface area (Å²) in [6, 6.07) is 0. The molecule has 13 heavy (non-hydrogen) atoms. The van der Waals surface area contributed by atoms with Gasteiger partial charge in [0.05, 0.1) is 0 Å². The van der Waals surface area contributed by atoms with E-state index in [1.165, 1.54) is 0 Å². The van der Waals surface area contributed by atoms with Gasteiger partial charge >= 0.3 is 5.97 Å². The van der Waals surface area contributed by atoms with Crippen molar-refractivity contribution in [2.24, 2.45) is 5.92 Å². The van der Waals surface area contributed by atoms with Crippen LogP contribution in [0.3, 0.4) is 0 Å². The quantitative estimate of drug-likeness (QED) is 0.611. The molecule has 0 amide bonds. The second-order valence-electron chi connectivity index (χ2n) is 3.79. The predicted octanol–water partition coefficient (Wildman–Crippen LogP) is 1.53. The fraction of sp³-hybridized carbons (Fsp3) is 0.900. The van der Waals surface area contributed by atoms with Crippen molar-refractivity contribution in [1.82, 2.24) is 4.90 Å². The van der Waals surface area contributed by atoms with Crippen LogP contribution in [0.25, 0.3) is 0 Å². The Morgan fingerprint density at radius 2 is 1.92 bits per heavy atom. The lowest BCUT2D eigenvalue weighted by molar-refractivity contribution is -0.150. The van der Waals surface area contributed by atoms with Crippen LogP contribution in [-0.2, 0) is 9.53 Å². The van der Waals surface area contributed by atoms with E-state index in [1.54, 1.807) is 0 Å². The topological polar surface area (TPSA) is 29.5 Å². The summed E-state index contributed by atoms with van der Waals surface area (Å²) >= 11 is 0. The summed E-state index contributed by atoms with van der Waals surface area (Å²) in [5.74, 6) is 0.267. The van der Waals surface area contributed by atoms with Crippen molar-refractivity contribution in [1.29, 1.82) is 0 Å². The first-order valence-electron chi connectivity index (χ1n) is 4.81. The van der Waals surface area contributed by atoms with E-state index in [0.717, 1.165) is 6.54 Å². The first-order chi connectivity index (χ1) is 5.97. The molecule has 0 radical (unpaired) electrons. The number of carbonyl (C=O) groups is 1. The van der Waals surface area contributed by atoms with E-state index < -0.39 is 0 Å².